The van der Waals surface area contributed by atoms with Gasteiger partial charge in [0.15, 0.2) is 0 Å². The van der Waals surface area contributed by atoms with Crippen LogP contribution in [0, 0.1) is 5.82 Å². The average molecular weight is 476 g/mol. The Hall–Kier alpha value is -3.29. The smallest absolute Gasteiger partial charge is 0.326 e. The Morgan fingerprint density at radius 3 is 2.44 bits per heavy atom. The molecule has 0 atom stereocenters. The maximum Gasteiger partial charge on any atom is 0.326 e. The number of ether oxygens (including phenoxy) is 1. The zero-order valence-corrected chi connectivity index (χ0v) is 18.6. The molecule has 0 heterocycles. The summed E-state index contributed by atoms with van der Waals surface area (Å²) in [7, 11) is 1.53. The topological polar surface area (TPSA) is 70.7 Å². The van der Waals surface area contributed by atoms with Gasteiger partial charge in [0, 0.05) is 36.1 Å². The predicted octanol–water partition coefficient (Wildman–Crippen LogP) is 5.61. The van der Waals surface area contributed by atoms with Crippen LogP contribution in [0.25, 0.3) is 0 Å². The van der Waals surface area contributed by atoms with Crippen molar-refractivity contribution >= 4 is 46.5 Å². The first-order valence-corrected chi connectivity index (χ1v) is 10.3. The quantitative estimate of drug-likeness (QED) is 0.466. The van der Waals surface area contributed by atoms with Crippen LogP contribution in [0.3, 0.4) is 0 Å². The van der Waals surface area contributed by atoms with Crippen molar-refractivity contribution in [3.8, 4) is 5.75 Å². The van der Waals surface area contributed by atoms with Gasteiger partial charge >= 0.3 is 6.03 Å². The third-order valence-corrected chi connectivity index (χ3v) is 5.25. The van der Waals surface area contributed by atoms with Crippen LogP contribution < -0.4 is 20.3 Å². The molecule has 0 spiro atoms. The van der Waals surface area contributed by atoms with E-state index in [9.17, 15) is 14.0 Å². The monoisotopic (exact) mass is 475 g/mol. The van der Waals surface area contributed by atoms with Crippen molar-refractivity contribution in [2.75, 3.05) is 30.4 Å². The van der Waals surface area contributed by atoms with E-state index >= 15 is 0 Å². The molecule has 3 aromatic carbocycles. The molecular weight excluding hydrogens is 456 g/mol. The molecule has 0 saturated carbocycles. The first kappa shape index (κ1) is 23.4. The molecule has 32 heavy (non-hydrogen) atoms. The maximum absolute atomic E-state index is 13.4. The SMILES string of the molecule is COc1cccc(NC(=O)N(CCNC(=O)c2ccc(Cl)c(Cl)c2)c2ccc(F)cc2)c1. The summed E-state index contributed by atoms with van der Waals surface area (Å²) >= 11 is 11.8. The van der Waals surface area contributed by atoms with Gasteiger partial charge in [-0.2, -0.15) is 0 Å². The highest BCUT2D eigenvalue weighted by Crippen LogP contribution is 2.23. The Morgan fingerprint density at radius 1 is 1.00 bits per heavy atom. The van der Waals surface area contributed by atoms with Crippen LogP contribution in [0.15, 0.2) is 66.7 Å². The summed E-state index contributed by atoms with van der Waals surface area (Å²) in [5, 5.41) is 6.14. The molecule has 0 aliphatic heterocycles. The normalized spacial score (nSPS) is 10.4. The number of carbonyl (C=O) groups excluding carboxylic acids is 2. The van der Waals surface area contributed by atoms with E-state index in [1.807, 2.05) is 0 Å². The lowest BCUT2D eigenvalue weighted by Crippen LogP contribution is -2.41. The molecule has 3 amide bonds. The molecule has 9 heteroatoms. The highest BCUT2D eigenvalue weighted by atomic mass is 35.5. The largest absolute Gasteiger partial charge is 0.497 e. The van der Waals surface area contributed by atoms with Crippen LogP contribution in [0.2, 0.25) is 10.0 Å². The van der Waals surface area contributed by atoms with Gasteiger partial charge in [-0.05, 0) is 54.6 Å². The summed E-state index contributed by atoms with van der Waals surface area (Å²) in [4.78, 5) is 26.8. The number of halogens is 3. The lowest BCUT2D eigenvalue weighted by molar-refractivity contribution is 0.0954. The fourth-order valence-electron chi connectivity index (χ4n) is 2.88. The molecule has 166 valence electrons. The Bertz CT molecular complexity index is 1110. The van der Waals surface area contributed by atoms with Crippen molar-refractivity contribution in [3.05, 3.63) is 88.2 Å². The Labute approximate surface area is 194 Å². The molecule has 0 aliphatic rings. The van der Waals surface area contributed by atoms with Gasteiger partial charge in [0.25, 0.3) is 5.91 Å². The molecule has 0 unspecified atom stereocenters. The van der Waals surface area contributed by atoms with Crippen LogP contribution in [0.4, 0.5) is 20.6 Å². The van der Waals surface area contributed by atoms with Crippen molar-refractivity contribution in [1.82, 2.24) is 5.32 Å². The molecule has 0 fully saturated rings. The number of hydrogen-bond acceptors (Lipinski definition) is 3. The zero-order valence-electron chi connectivity index (χ0n) is 17.1. The standard InChI is InChI=1S/C23H20Cl2FN3O3/c1-32-19-4-2-3-17(14-19)28-23(31)29(18-8-6-16(26)7-9-18)12-11-27-22(30)15-5-10-20(24)21(25)13-15/h2-10,13-14H,11-12H2,1H3,(H,27,30)(H,28,31). The minimum Gasteiger partial charge on any atom is -0.497 e. The van der Waals surface area contributed by atoms with Gasteiger partial charge < -0.3 is 15.4 Å². The lowest BCUT2D eigenvalue weighted by Gasteiger charge is -2.23. The molecule has 0 aliphatic carbocycles. The van der Waals surface area contributed by atoms with E-state index < -0.39 is 11.8 Å². The number of rotatable bonds is 7. The van der Waals surface area contributed by atoms with Crippen LogP contribution in [0.5, 0.6) is 5.75 Å². The number of nitrogens with one attached hydrogen (secondary N) is 2. The average Bonchev–Trinajstić information content (AvgIpc) is 2.79. The van der Waals surface area contributed by atoms with Crippen molar-refractivity contribution in [3.63, 3.8) is 0 Å². The van der Waals surface area contributed by atoms with Crippen LogP contribution in [-0.4, -0.2) is 32.1 Å². The van der Waals surface area contributed by atoms with Crippen molar-refractivity contribution in [1.29, 1.82) is 0 Å². The summed E-state index contributed by atoms with van der Waals surface area (Å²) in [5.74, 6) is -0.198. The third-order valence-electron chi connectivity index (χ3n) is 4.51. The molecule has 6 nitrogen and oxygen atoms in total. The summed E-state index contributed by atoms with van der Waals surface area (Å²) < 4.78 is 18.5. The summed E-state index contributed by atoms with van der Waals surface area (Å²) in [5.41, 5.74) is 1.34. The predicted molar refractivity (Wildman–Crippen MR) is 125 cm³/mol. The molecule has 0 bridgehead atoms. The summed E-state index contributed by atoms with van der Waals surface area (Å²) in [6.07, 6.45) is 0. The van der Waals surface area contributed by atoms with Gasteiger partial charge in [0.1, 0.15) is 11.6 Å². The van der Waals surface area contributed by atoms with E-state index in [1.165, 1.54) is 48.4 Å². The number of hydrogen-bond donors (Lipinski definition) is 2. The van der Waals surface area contributed by atoms with Gasteiger partial charge in [-0.3, -0.25) is 9.69 Å². The van der Waals surface area contributed by atoms with E-state index in [0.717, 1.165) is 0 Å². The highest BCUT2D eigenvalue weighted by molar-refractivity contribution is 6.42. The number of nitrogens with zero attached hydrogens (tertiary/aromatic N) is 1. The van der Waals surface area contributed by atoms with Gasteiger partial charge in [-0.1, -0.05) is 29.3 Å². The van der Waals surface area contributed by atoms with Gasteiger partial charge in [-0.25, -0.2) is 9.18 Å². The zero-order chi connectivity index (χ0) is 23.1. The molecule has 0 radical (unpaired) electrons. The van der Waals surface area contributed by atoms with Crippen molar-refractivity contribution in [2.45, 2.75) is 0 Å². The molecular formula is C23H20Cl2FN3O3. The number of amides is 3. The second kappa shape index (κ2) is 10.8. The maximum atomic E-state index is 13.4. The lowest BCUT2D eigenvalue weighted by atomic mass is 10.2. The molecule has 0 saturated heterocycles. The van der Waals surface area contributed by atoms with E-state index in [4.69, 9.17) is 27.9 Å². The van der Waals surface area contributed by atoms with Gasteiger partial charge in [0.2, 0.25) is 0 Å². The van der Waals surface area contributed by atoms with Crippen molar-refractivity contribution < 1.29 is 18.7 Å². The number of benzene rings is 3. The minimum atomic E-state index is -0.450. The Morgan fingerprint density at radius 2 is 1.75 bits per heavy atom. The summed E-state index contributed by atoms with van der Waals surface area (Å²) in [6, 6.07) is 16.5. The second-order valence-electron chi connectivity index (χ2n) is 6.67. The van der Waals surface area contributed by atoms with Crippen LogP contribution >= 0.6 is 23.2 Å². The third kappa shape index (κ3) is 6.12. The Balaban J connectivity index is 1.71. The molecule has 2 N–H and O–H groups in total. The minimum absolute atomic E-state index is 0.133. The first-order valence-electron chi connectivity index (χ1n) is 9.59. The summed E-state index contributed by atoms with van der Waals surface area (Å²) in [6.45, 7) is 0.274. The van der Waals surface area contributed by atoms with E-state index in [-0.39, 0.29) is 24.0 Å². The number of carbonyl (C=O) groups is 2. The van der Waals surface area contributed by atoms with E-state index in [1.54, 1.807) is 30.3 Å². The molecule has 3 aromatic rings. The van der Waals surface area contributed by atoms with E-state index in [0.29, 0.717) is 27.7 Å². The van der Waals surface area contributed by atoms with Gasteiger partial charge in [-0.15, -0.1) is 0 Å². The van der Waals surface area contributed by atoms with Gasteiger partial charge in [0.05, 0.1) is 17.2 Å². The Kier molecular flexibility index (Phi) is 7.92. The fraction of sp³-hybridized carbons (Fsp3) is 0.130. The fourth-order valence-corrected chi connectivity index (χ4v) is 3.18. The molecule has 0 aromatic heterocycles. The number of urea groups is 1. The van der Waals surface area contributed by atoms with Crippen molar-refractivity contribution in [2.24, 2.45) is 0 Å². The van der Waals surface area contributed by atoms with E-state index in [2.05, 4.69) is 10.6 Å². The first-order chi connectivity index (χ1) is 15.4. The number of methoxy groups -OCH3 is 1. The molecule has 3 rings (SSSR count). The highest BCUT2D eigenvalue weighted by Gasteiger charge is 2.17. The number of anilines is 2. The second-order valence-corrected chi connectivity index (χ2v) is 7.49. The van der Waals surface area contributed by atoms with Crippen LogP contribution in [-0.2, 0) is 0 Å². The van der Waals surface area contributed by atoms with Crippen LogP contribution in [0.1, 0.15) is 10.4 Å².